The van der Waals surface area contributed by atoms with E-state index in [1.165, 1.54) is 0 Å². The molecule has 2 aromatic rings. The topological polar surface area (TPSA) is 75.6 Å². The van der Waals surface area contributed by atoms with Crippen LogP contribution in [0.1, 0.15) is 32.8 Å². The highest BCUT2D eigenvalue weighted by atomic mass is 127. The molecule has 0 heterocycles. The molecule has 0 saturated carbocycles. The molecule has 1 atom stereocenters. The molecule has 2 rings (SSSR count). The molecule has 27 heavy (non-hydrogen) atoms. The minimum absolute atomic E-state index is 0.181. The van der Waals surface area contributed by atoms with Crippen molar-refractivity contribution in [2.75, 3.05) is 0 Å². The summed E-state index contributed by atoms with van der Waals surface area (Å²) in [5, 5.41) is 11.9. The lowest BCUT2D eigenvalue weighted by molar-refractivity contribution is -0.137. The van der Waals surface area contributed by atoms with Gasteiger partial charge < -0.3 is 15.2 Å². The van der Waals surface area contributed by atoms with Crippen LogP contribution in [0.2, 0.25) is 0 Å². The summed E-state index contributed by atoms with van der Waals surface area (Å²) >= 11 is 2.26. The number of carboxylic acids is 1. The van der Waals surface area contributed by atoms with Crippen LogP contribution in [0.25, 0.3) is 11.1 Å². The van der Waals surface area contributed by atoms with Crippen LogP contribution < -0.4 is 5.32 Å². The second-order valence-electron chi connectivity index (χ2n) is 7.31. The van der Waals surface area contributed by atoms with E-state index in [2.05, 4.69) is 34.0 Å². The Morgan fingerprint density at radius 3 is 2.48 bits per heavy atom. The highest BCUT2D eigenvalue weighted by Gasteiger charge is 2.22. The monoisotopic (exact) mass is 481 g/mol. The normalized spacial score (nSPS) is 12.3. The first-order chi connectivity index (χ1) is 12.6. The maximum Gasteiger partial charge on any atom is 0.407 e. The van der Waals surface area contributed by atoms with Crippen molar-refractivity contribution in [2.45, 2.75) is 45.3 Å². The van der Waals surface area contributed by atoms with E-state index in [1.807, 2.05) is 42.5 Å². The summed E-state index contributed by atoms with van der Waals surface area (Å²) in [6.07, 6.45) is -0.395. The van der Waals surface area contributed by atoms with Crippen LogP contribution in [0.5, 0.6) is 0 Å². The zero-order chi connectivity index (χ0) is 20.0. The predicted octanol–water partition coefficient (Wildman–Crippen LogP) is 4.87. The van der Waals surface area contributed by atoms with Gasteiger partial charge in [0.05, 0.1) is 6.42 Å². The molecule has 1 amide bonds. The molecule has 0 aliphatic carbocycles. The lowest BCUT2D eigenvalue weighted by Gasteiger charge is -2.23. The Morgan fingerprint density at radius 2 is 1.85 bits per heavy atom. The van der Waals surface area contributed by atoms with E-state index < -0.39 is 23.7 Å². The second kappa shape index (κ2) is 9.21. The Bertz CT molecular complexity index is 814. The Labute approximate surface area is 173 Å². The molecular formula is C21H24INO4. The first kappa shape index (κ1) is 21.2. The third-order valence-electron chi connectivity index (χ3n) is 3.76. The van der Waals surface area contributed by atoms with Gasteiger partial charge in [0.2, 0.25) is 0 Å². The molecule has 1 unspecified atom stereocenters. The largest absolute Gasteiger partial charge is 0.481 e. The van der Waals surface area contributed by atoms with Crippen LogP contribution in [0.15, 0.2) is 48.5 Å². The minimum atomic E-state index is -0.970. The van der Waals surface area contributed by atoms with Gasteiger partial charge >= 0.3 is 12.1 Å². The smallest absolute Gasteiger partial charge is 0.407 e. The van der Waals surface area contributed by atoms with Gasteiger partial charge in [-0.1, -0.05) is 36.4 Å². The number of carboxylic acid groups (broad SMARTS) is 1. The number of carbonyl (C=O) groups is 2. The van der Waals surface area contributed by atoms with E-state index in [0.717, 1.165) is 20.3 Å². The third kappa shape index (κ3) is 7.21. The number of nitrogens with one attached hydrogen (secondary N) is 1. The fourth-order valence-corrected chi connectivity index (χ4v) is 3.30. The van der Waals surface area contributed by atoms with Crippen molar-refractivity contribution in [1.29, 1.82) is 0 Å². The summed E-state index contributed by atoms with van der Waals surface area (Å²) in [4.78, 5) is 23.4. The number of ether oxygens (including phenoxy) is 1. The summed E-state index contributed by atoms with van der Waals surface area (Å²) in [6, 6.07) is 15.4. The number of amides is 1. The number of halogens is 1. The van der Waals surface area contributed by atoms with Crippen LogP contribution >= 0.6 is 22.6 Å². The molecule has 0 radical (unpaired) electrons. The van der Waals surface area contributed by atoms with E-state index >= 15 is 0 Å². The average molecular weight is 481 g/mol. The molecular weight excluding hydrogens is 457 g/mol. The van der Waals surface area contributed by atoms with Crippen molar-refractivity contribution in [1.82, 2.24) is 5.32 Å². The number of aliphatic carboxylic acids is 1. The molecule has 0 saturated heterocycles. The van der Waals surface area contributed by atoms with Gasteiger partial charge in [0.1, 0.15) is 5.60 Å². The molecule has 0 aliphatic rings. The molecule has 0 aromatic heterocycles. The van der Waals surface area contributed by atoms with Gasteiger partial charge in [-0.25, -0.2) is 4.79 Å². The van der Waals surface area contributed by atoms with E-state index in [4.69, 9.17) is 4.74 Å². The lowest BCUT2D eigenvalue weighted by atomic mass is 9.94. The van der Waals surface area contributed by atoms with Gasteiger partial charge in [-0.3, -0.25) is 4.79 Å². The first-order valence-corrected chi connectivity index (χ1v) is 9.77. The molecule has 0 aliphatic heterocycles. The summed E-state index contributed by atoms with van der Waals surface area (Å²) in [6.45, 7) is 5.31. The number of rotatable bonds is 6. The Kier molecular flexibility index (Phi) is 7.24. The maximum atomic E-state index is 12.1. The van der Waals surface area contributed by atoms with Crippen LogP contribution in [-0.2, 0) is 16.0 Å². The molecule has 6 heteroatoms. The van der Waals surface area contributed by atoms with Crippen molar-refractivity contribution >= 4 is 34.7 Å². The van der Waals surface area contributed by atoms with E-state index in [0.29, 0.717) is 6.42 Å². The number of benzene rings is 2. The van der Waals surface area contributed by atoms with E-state index in [9.17, 15) is 14.7 Å². The molecule has 0 bridgehead atoms. The van der Waals surface area contributed by atoms with Gasteiger partial charge in [-0.05, 0) is 78.6 Å². The van der Waals surface area contributed by atoms with Crippen LogP contribution in [0, 0.1) is 3.57 Å². The fraction of sp³-hybridized carbons (Fsp3) is 0.333. The van der Waals surface area contributed by atoms with Crippen molar-refractivity contribution in [2.24, 2.45) is 0 Å². The number of hydrogen-bond acceptors (Lipinski definition) is 3. The van der Waals surface area contributed by atoms with Crippen LogP contribution in [0.4, 0.5) is 4.79 Å². The van der Waals surface area contributed by atoms with Gasteiger partial charge in [0.15, 0.2) is 0 Å². The minimum Gasteiger partial charge on any atom is -0.481 e. The maximum absolute atomic E-state index is 12.1. The Morgan fingerprint density at radius 1 is 1.15 bits per heavy atom. The highest BCUT2D eigenvalue weighted by molar-refractivity contribution is 14.1. The lowest BCUT2D eigenvalue weighted by Crippen LogP contribution is -2.41. The van der Waals surface area contributed by atoms with Crippen molar-refractivity contribution < 1.29 is 19.4 Å². The summed E-state index contributed by atoms with van der Waals surface area (Å²) < 4.78 is 6.39. The quantitative estimate of drug-likeness (QED) is 0.578. The Hall–Kier alpha value is -2.09. The average Bonchev–Trinajstić information content (AvgIpc) is 2.52. The molecule has 2 aromatic carbocycles. The summed E-state index contributed by atoms with van der Waals surface area (Å²) in [5.41, 5.74) is 2.42. The number of carbonyl (C=O) groups excluding carboxylic acids is 1. The van der Waals surface area contributed by atoms with Gasteiger partial charge in [-0.15, -0.1) is 0 Å². The SMILES string of the molecule is CC(C)(C)OC(=O)NC(CC(=O)O)Cc1ccccc1-c1cccc(I)c1. The third-order valence-corrected chi connectivity index (χ3v) is 4.43. The van der Waals surface area contributed by atoms with E-state index in [-0.39, 0.29) is 6.42 Å². The standard InChI is InChI=1S/C21H24INO4/c1-21(2,3)27-20(26)23-17(13-19(24)25)12-15-7-4-5-10-18(15)14-8-6-9-16(22)11-14/h4-11,17H,12-13H2,1-3H3,(H,23,26)(H,24,25). The van der Waals surface area contributed by atoms with Crippen molar-refractivity contribution in [3.63, 3.8) is 0 Å². The van der Waals surface area contributed by atoms with Crippen LogP contribution in [-0.4, -0.2) is 28.8 Å². The van der Waals surface area contributed by atoms with Crippen molar-refractivity contribution in [3.8, 4) is 11.1 Å². The van der Waals surface area contributed by atoms with Gasteiger partial charge in [0.25, 0.3) is 0 Å². The zero-order valence-corrected chi connectivity index (χ0v) is 17.8. The second-order valence-corrected chi connectivity index (χ2v) is 8.56. The van der Waals surface area contributed by atoms with Gasteiger partial charge in [-0.2, -0.15) is 0 Å². The summed E-state index contributed by atoms with van der Waals surface area (Å²) in [7, 11) is 0. The first-order valence-electron chi connectivity index (χ1n) is 8.69. The van der Waals surface area contributed by atoms with Crippen LogP contribution in [0.3, 0.4) is 0 Å². The summed E-state index contributed by atoms with van der Waals surface area (Å²) in [5.74, 6) is -0.970. The molecule has 2 N–H and O–H groups in total. The molecule has 5 nitrogen and oxygen atoms in total. The molecule has 144 valence electrons. The predicted molar refractivity (Wildman–Crippen MR) is 114 cm³/mol. The zero-order valence-electron chi connectivity index (χ0n) is 15.7. The number of alkyl carbamates (subject to hydrolysis) is 1. The Balaban J connectivity index is 2.25. The van der Waals surface area contributed by atoms with Crippen molar-refractivity contribution in [3.05, 3.63) is 57.7 Å². The number of hydrogen-bond donors (Lipinski definition) is 2. The van der Waals surface area contributed by atoms with E-state index in [1.54, 1.807) is 20.8 Å². The van der Waals surface area contributed by atoms with Gasteiger partial charge in [0, 0.05) is 9.61 Å². The fourth-order valence-electron chi connectivity index (χ4n) is 2.76. The molecule has 0 fully saturated rings. The molecule has 0 spiro atoms. The highest BCUT2D eigenvalue weighted by Crippen LogP contribution is 2.26.